The van der Waals surface area contributed by atoms with Gasteiger partial charge < -0.3 is 15.7 Å². The second kappa shape index (κ2) is 7.71. The van der Waals surface area contributed by atoms with Crippen LogP contribution in [0, 0.1) is 18.3 Å². The zero-order valence-corrected chi connectivity index (χ0v) is 9.48. The van der Waals surface area contributed by atoms with Crippen LogP contribution in [0.3, 0.4) is 0 Å². The van der Waals surface area contributed by atoms with Crippen molar-refractivity contribution in [1.82, 2.24) is 4.90 Å². The molecule has 0 saturated carbocycles. The van der Waals surface area contributed by atoms with E-state index >= 15 is 0 Å². The summed E-state index contributed by atoms with van der Waals surface area (Å²) in [5.74, 6) is 1.04. The van der Waals surface area contributed by atoms with Crippen LogP contribution in [-0.2, 0) is 9.59 Å². The van der Waals surface area contributed by atoms with Gasteiger partial charge in [0.15, 0.2) is 0 Å². The first-order chi connectivity index (χ1) is 7.54. The maximum Gasteiger partial charge on any atom is 0.323 e. The summed E-state index contributed by atoms with van der Waals surface area (Å²) < 4.78 is 0. The van der Waals surface area contributed by atoms with E-state index in [1.807, 2.05) is 6.92 Å². The van der Waals surface area contributed by atoms with Crippen LogP contribution in [0.4, 0.5) is 0 Å². The minimum Gasteiger partial charge on any atom is -0.480 e. The monoisotopic (exact) mass is 226 g/mol. The van der Waals surface area contributed by atoms with Gasteiger partial charge in [0.25, 0.3) is 0 Å². The highest BCUT2D eigenvalue weighted by Gasteiger charge is 2.18. The van der Waals surface area contributed by atoms with E-state index in [4.69, 9.17) is 17.3 Å². The molecule has 0 aliphatic heterocycles. The quantitative estimate of drug-likeness (QED) is 0.594. The van der Waals surface area contributed by atoms with Crippen molar-refractivity contribution in [2.24, 2.45) is 11.7 Å². The third kappa shape index (κ3) is 5.37. The van der Waals surface area contributed by atoms with Crippen LogP contribution in [0.2, 0.25) is 0 Å². The number of rotatable bonds is 7. The van der Waals surface area contributed by atoms with Gasteiger partial charge in [-0.05, 0) is 12.5 Å². The van der Waals surface area contributed by atoms with Crippen molar-refractivity contribution >= 4 is 11.9 Å². The number of carbonyl (C=O) groups excluding carboxylic acids is 1. The Bertz CT molecular complexity index is 279. The van der Waals surface area contributed by atoms with E-state index < -0.39 is 5.97 Å². The molecule has 1 atom stereocenters. The highest BCUT2D eigenvalue weighted by atomic mass is 16.4. The average molecular weight is 226 g/mol. The molecular weight excluding hydrogens is 208 g/mol. The van der Waals surface area contributed by atoms with Crippen molar-refractivity contribution in [3.05, 3.63) is 0 Å². The Morgan fingerprint density at radius 1 is 1.56 bits per heavy atom. The Morgan fingerprint density at radius 2 is 2.19 bits per heavy atom. The molecule has 0 fully saturated rings. The lowest BCUT2D eigenvalue weighted by atomic mass is 10.0. The van der Waals surface area contributed by atoms with Crippen molar-refractivity contribution in [2.75, 3.05) is 19.6 Å². The summed E-state index contributed by atoms with van der Waals surface area (Å²) >= 11 is 0. The molecule has 3 N–H and O–H groups in total. The summed E-state index contributed by atoms with van der Waals surface area (Å²) in [6.07, 6.45) is 6.12. The number of aliphatic carboxylic acids is 1. The molecule has 5 nitrogen and oxygen atoms in total. The molecule has 1 unspecified atom stereocenters. The number of carboxylic acid groups (broad SMARTS) is 1. The summed E-state index contributed by atoms with van der Waals surface area (Å²) in [5.41, 5.74) is 5.48. The van der Waals surface area contributed by atoms with E-state index in [9.17, 15) is 9.59 Å². The summed E-state index contributed by atoms with van der Waals surface area (Å²) in [5, 5.41) is 8.62. The topological polar surface area (TPSA) is 83.6 Å². The Morgan fingerprint density at radius 3 is 2.56 bits per heavy atom. The van der Waals surface area contributed by atoms with Crippen LogP contribution in [-0.4, -0.2) is 41.5 Å². The van der Waals surface area contributed by atoms with Gasteiger partial charge in [-0.1, -0.05) is 19.3 Å². The minimum atomic E-state index is -1.07. The fourth-order valence-electron chi connectivity index (χ4n) is 1.28. The standard InChI is InChI=1S/C11H18N2O3/c1-3-5-13(8-11(15)16)10(14)6-9(4-2)7-12/h1,9H,4-8,12H2,2H3,(H,15,16). The Kier molecular flexibility index (Phi) is 6.97. The summed E-state index contributed by atoms with van der Waals surface area (Å²) in [7, 11) is 0. The fourth-order valence-corrected chi connectivity index (χ4v) is 1.28. The molecule has 0 aromatic carbocycles. The number of hydrogen-bond acceptors (Lipinski definition) is 3. The molecule has 0 spiro atoms. The molecule has 0 aliphatic carbocycles. The molecule has 0 aliphatic rings. The van der Waals surface area contributed by atoms with Crippen LogP contribution < -0.4 is 5.73 Å². The van der Waals surface area contributed by atoms with Gasteiger partial charge in [-0.15, -0.1) is 6.42 Å². The number of hydrogen-bond donors (Lipinski definition) is 2. The van der Waals surface area contributed by atoms with Gasteiger partial charge in [0.2, 0.25) is 5.91 Å². The van der Waals surface area contributed by atoms with E-state index in [1.165, 1.54) is 0 Å². The molecular formula is C11H18N2O3. The van der Waals surface area contributed by atoms with E-state index in [0.29, 0.717) is 6.54 Å². The maximum absolute atomic E-state index is 11.7. The summed E-state index contributed by atoms with van der Waals surface area (Å²) in [6.45, 7) is 2.02. The molecule has 0 heterocycles. The maximum atomic E-state index is 11.7. The van der Waals surface area contributed by atoms with Crippen molar-refractivity contribution in [1.29, 1.82) is 0 Å². The largest absolute Gasteiger partial charge is 0.480 e. The van der Waals surface area contributed by atoms with Crippen LogP contribution in [0.25, 0.3) is 0 Å². The first-order valence-electron chi connectivity index (χ1n) is 5.18. The van der Waals surface area contributed by atoms with Crippen molar-refractivity contribution < 1.29 is 14.7 Å². The molecule has 5 heteroatoms. The predicted molar refractivity (Wildman–Crippen MR) is 60.5 cm³/mol. The minimum absolute atomic E-state index is 0.0200. The van der Waals surface area contributed by atoms with Crippen LogP contribution in [0.1, 0.15) is 19.8 Å². The van der Waals surface area contributed by atoms with Gasteiger partial charge in [-0.2, -0.15) is 0 Å². The Labute approximate surface area is 95.6 Å². The van der Waals surface area contributed by atoms with Crippen LogP contribution >= 0.6 is 0 Å². The lowest BCUT2D eigenvalue weighted by molar-refractivity contribution is -0.144. The van der Waals surface area contributed by atoms with Crippen molar-refractivity contribution in [3.63, 3.8) is 0 Å². The van der Waals surface area contributed by atoms with Gasteiger partial charge in [0.05, 0.1) is 6.54 Å². The van der Waals surface area contributed by atoms with Gasteiger partial charge in [-0.25, -0.2) is 0 Å². The summed E-state index contributed by atoms with van der Waals surface area (Å²) in [6, 6.07) is 0. The first-order valence-corrected chi connectivity index (χ1v) is 5.18. The van der Waals surface area contributed by atoms with Gasteiger partial charge in [-0.3, -0.25) is 9.59 Å². The number of carbonyl (C=O) groups is 2. The van der Waals surface area contributed by atoms with E-state index in [2.05, 4.69) is 5.92 Å². The first kappa shape index (κ1) is 14.5. The smallest absolute Gasteiger partial charge is 0.323 e. The fraction of sp³-hybridized carbons (Fsp3) is 0.636. The summed E-state index contributed by atoms with van der Waals surface area (Å²) in [4.78, 5) is 23.4. The van der Waals surface area contributed by atoms with Gasteiger partial charge >= 0.3 is 5.97 Å². The molecule has 0 saturated heterocycles. The number of amides is 1. The average Bonchev–Trinajstić information content (AvgIpc) is 2.24. The highest BCUT2D eigenvalue weighted by Crippen LogP contribution is 2.08. The van der Waals surface area contributed by atoms with Crippen molar-refractivity contribution in [3.8, 4) is 12.3 Å². The predicted octanol–water partition coefficient (Wildman–Crippen LogP) is -0.0922. The second-order valence-electron chi connectivity index (χ2n) is 3.56. The van der Waals surface area contributed by atoms with Crippen molar-refractivity contribution in [2.45, 2.75) is 19.8 Å². The zero-order chi connectivity index (χ0) is 12.6. The number of nitrogens with two attached hydrogens (primary N) is 1. The van der Waals surface area contributed by atoms with E-state index in [0.717, 1.165) is 11.3 Å². The Balaban J connectivity index is 4.37. The third-order valence-corrected chi connectivity index (χ3v) is 2.33. The van der Waals surface area contributed by atoms with Gasteiger partial charge in [0.1, 0.15) is 6.54 Å². The van der Waals surface area contributed by atoms with Gasteiger partial charge in [0, 0.05) is 6.42 Å². The third-order valence-electron chi connectivity index (χ3n) is 2.33. The van der Waals surface area contributed by atoms with Crippen LogP contribution in [0.15, 0.2) is 0 Å². The molecule has 1 amide bonds. The zero-order valence-electron chi connectivity index (χ0n) is 9.48. The van der Waals surface area contributed by atoms with E-state index in [-0.39, 0.29) is 31.3 Å². The molecule has 0 rings (SSSR count). The van der Waals surface area contributed by atoms with E-state index in [1.54, 1.807) is 0 Å². The molecule has 0 radical (unpaired) electrons. The number of carboxylic acids is 1. The Hall–Kier alpha value is -1.54. The lowest BCUT2D eigenvalue weighted by Crippen LogP contribution is -2.37. The number of nitrogens with zero attached hydrogens (tertiary/aromatic N) is 1. The highest BCUT2D eigenvalue weighted by molar-refractivity contribution is 5.81. The molecule has 90 valence electrons. The lowest BCUT2D eigenvalue weighted by Gasteiger charge is -2.20. The SMILES string of the molecule is C#CCN(CC(=O)O)C(=O)CC(CC)CN. The molecule has 16 heavy (non-hydrogen) atoms. The van der Waals surface area contributed by atoms with Crippen LogP contribution in [0.5, 0.6) is 0 Å². The molecule has 0 aromatic rings. The number of terminal acetylenes is 1. The normalized spacial score (nSPS) is 11.6. The molecule has 0 bridgehead atoms. The molecule has 0 aromatic heterocycles. The second-order valence-corrected chi connectivity index (χ2v) is 3.56.